The Labute approximate surface area is 114 Å². The number of thiazole rings is 1. The smallest absolute Gasteiger partial charge is 0.185 e. The largest absolute Gasteiger partial charge is 0.348 e. The first-order valence-corrected chi connectivity index (χ1v) is 8.02. The van der Waals surface area contributed by atoms with Crippen molar-refractivity contribution in [2.75, 3.05) is 18.0 Å². The van der Waals surface area contributed by atoms with Gasteiger partial charge in [-0.25, -0.2) is 4.98 Å². The molecule has 1 atom stereocenters. The highest BCUT2D eigenvalue weighted by molar-refractivity contribution is 7.15. The highest BCUT2D eigenvalue weighted by Crippen LogP contribution is 2.31. The van der Waals surface area contributed by atoms with Gasteiger partial charge in [-0.3, -0.25) is 0 Å². The molecule has 0 amide bonds. The summed E-state index contributed by atoms with van der Waals surface area (Å²) in [5.74, 6) is 0.877. The Balaban J connectivity index is 1.63. The molecule has 2 fully saturated rings. The van der Waals surface area contributed by atoms with Gasteiger partial charge in [0.25, 0.3) is 0 Å². The van der Waals surface area contributed by atoms with E-state index in [-0.39, 0.29) is 0 Å². The minimum absolute atomic E-state index is 0.784. The third kappa shape index (κ3) is 2.69. The molecule has 1 N–H and O–H groups in total. The Morgan fingerprint density at radius 2 is 2.22 bits per heavy atom. The van der Waals surface area contributed by atoms with Crippen LogP contribution < -0.4 is 10.2 Å². The van der Waals surface area contributed by atoms with E-state index in [9.17, 15) is 0 Å². The molecule has 0 bridgehead atoms. The predicted molar refractivity (Wildman–Crippen MR) is 77.3 cm³/mol. The van der Waals surface area contributed by atoms with Crippen LogP contribution in [0.2, 0.25) is 0 Å². The lowest BCUT2D eigenvalue weighted by atomic mass is 10.1. The number of hydrogen-bond donors (Lipinski definition) is 1. The molecule has 0 spiro atoms. The van der Waals surface area contributed by atoms with Crippen molar-refractivity contribution in [2.24, 2.45) is 5.92 Å². The van der Waals surface area contributed by atoms with Crippen LogP contribution >= 0.6 is 11.3 Å². The number of rotatable bonds is 5. The molecule has 2 aliphatic rings. The molecular formula is C14H23N3S. The van der Waals surface area contributed by atoms with Crippen LogP contribution in [0, 0.1) is 12.8 Å². The molecule has 1 saturated carbocycles. The highest BCUT2D eigenvalue weighted by Gasteiger charge is 2.25. The molecule has 1 aromatic heterocycles. The van der Waals surface area contributed by atoms with Crippen LogP contribution in [0.4, 0.5) is 5.13 Å². The lowest BCUT2D eigenvalue weighted by Gasteiger charge is -2.14. The number of hydrogen-bond acceptors (Lipinski definition) is 4. The van der Waals surface area contributed by atoms with E-state index in [4.69, 9.17) is 4.98 Å². The molecule has 0 radical (unpaired) electrons. The van der Waals surface area contributed by atoms with Crippen LogP contribution in [0.3, 0.4) is 0 Å². The van der Waals surface area contributed by atoms with Crippen LogP contribution in [0.15, 0.2) is 0 Å². The third-order valence-electron chi connectivity index (χ3n) is 4.14. The van der Waals surface area contributed by atoms with Gasteiger partial charge < -0.3 is 10.2 Å². The van der Waals surface area contributed by atoms with Crippen molar-refractivity contribution in [1.29, 1.82) is 0 Å². The Bertz CT molecular complexity index is 411. The molecule has 0 aromatic carbocycles. The van der Waals surface area contributed by atoms with Crippen molar-refractivity contribution < 1.29 is 0 Å². The lowest BCUT2D eigenvalue weighted by Crippen LogP contribution is -2.19. The summed E-state index contributed by atoms with van der Waals surface area (Å²) in [7, 11) is 0. The molecule has 100 valence electrons. The second kappa shape index (κ2) is 5.17. The minimum Gasteiger partial charge on any atom is -0.348 e. The van der Waals surface area contributed by atoms with Gasteiger partial charge in [0.05, 0.1) is 5.69 Å². The fraction of sp³-hybridized carbons (Fsp3) is 0.786. The van der Waals surface area contributed by atoms with Crippen LogP contribution in [0.5, 0.6) is 0 Å². The Morgan fingerprint density at radius 1 is 1.39 bits per heavy atom. The average molecular weight is 265 g/mol. The van der Waals surface area contributed by atoms with Gasteiger partial charge in [-0.15, -0.1) is 11.3 Å². The zero-order valence-corrected chi connectivity index (χ0v) is 12.2. The van der Waals surface area contributed by atoms with Crippen molar-refractivity contribution >= 4 is 16.5 Å². The summed E-state index contributed by atoms with van der Waals surface area (Å²) in [5, 5.41) is 4.84. The van der Waals surface area contributed by atoms with E-state index < -0.39 is 0 Å². The van der Waals surface area contributed by atoms with E-state index >= 15 is 0 Å². The molecule has 1 saturated heterocycles. The molecule has 1 aliphatic carbocycles. The summed E-state index contributed by atoms with van der Waals surface area (Å²) < 4.78 is 0. The summed E-state index contributed by atoms with van der Waals surface area (Å²) in [6.45, 7) is 7.86. The van der Waals surface area contributed by atoms with Crippen LogP contribution in [-0.2, 0) is 6.54 Å². The SMILES string of the molecule is CCC1CCN(c2nc(C)c(CNC3CC3)s2)C1. The number of nitrogens with zero attached hydrogens (tertiary/aromatic N) is 2. The van der Waals surface area contributed by atoms with E-state index in [1.807, 2.05) is 11.3 Å². The van der Waals surface area contributed by atoms with Gasteiger partial charge in [0.1, 0.15) is 0 Å². The summed E-state index contributed by atoms with van der Waals surface area (Å²) in [6, 6.07) is 0.784. The molecule has 4 heteroatoms. The first kappa shape index (κ1) is 12.4. The molecule has 1 aliphatic heterocycles. The maximum Gasteiger partial charge on any atom is 0.185 e. The molecule has 1 unspecified atom stereocenters. The van der Waals surface area contributed by atoms with Gasteiger partial charge in [0.15, 0.2) is 5.13 Å². The second-order valence-electron chi connectivity index (χ2n) is 5.67. The minimum atomic E-state index is 0.784. The average Bonchev–Trinajstić information content (AvgIpc) is 2.95. The Hall–Kier alpha value is -0.610. The quantitative estimate of drug-likeness (QED) is 0.887. The summed E-state index contributed by atoms with van der Waals surface area (Å²) >= 11 is 1.89. The topological polar surface area (TPSA) is 28.2 Å². The van der Waals surface area contributed by atoms with Gasteiger partial charge in [0.2, 0.25) is 0 Å². The standard InChI is InChI=1S/C14H23N3S/c1-3-11-6-7-17(9-11)14-16-10(2)13(18-14)8-15-12-4-5-12/h11-12,15H,3-9H2,1-2H3. The number of aryl methyl sites for hydroxylation is 1. The van der Waals surface area contributed by atoms with Crippen molar-refractivity contribution in [3.8, 4) is 0 Å². The van der Waals surface area contributed by atoms with E-state index in [0.717, 1.165) is 18.5 Å². The number of nitrogens with one attached hydrogen (secondary N) is 1. The van der Waals surface area contributed by atoms with Gasteiger partial charge in [-0.2, -0.15) is 0 Å². The van der Waals surface area contributed by atoms with Crippen molar-refractivity contribution in [1.82, 2.24) is 10.3 Å². The van der Waals surface area contributed by atoms with Crippen LogP contribution in [0.25, 0.3) is 0 Å². The van der Waals surface area contributed by atoms with Gasteiger partial charge in [-0.1, -0.05) is 13.3 Å². The van der Waals surface area contributed by atoms with Gasteiger partial charge in [-0.05, 0) is 32.1 Å². The molecule has 2 heterocycles. The maximum atomic E-state index is 4.76. The molecule has 18 heavy (non-hydrogen) atoms. The van der Waals surface area contributed by atoms with Crippen LogP contribution in [-0.4, -0.2) is 24.1 Å². The van der Waals surface area contributed by atoms with E-state index in [2.05, 4.69) is 24.1 Å². The molecule has 1 aromatic rings. The van der Waals surface area contributed by atoms with E-state index in [1.165, 1.54) is 54.5 Å². The zero-order chi connectivity index (χ0) is 12.5. The fourth-order valence-electron chi connectivity index (χ4n) is 2.58. The second-order valence-corrected chi connectivity index (χ2v) is 6.73. The number of aromatic nitrogens is 1. The molecular weight excluding hydrogens is 242 g/mol. The monoisotopic (exact) mass is 265 g/mol. The maximum absolute atomic E-state index is 4.76. The third-order valence-corrected chi connectivity index (χ3v) is 5.36. The number of anilines is 1. The first-order chi connectivity index (χ1) is 8.76. The fourth-order valence-corrected chi connectivity index (χ4v) is 3.62. The van der Waals surface area contributed by atoms with E-state index in [1.54, 1.807) is 0 Å². The summed E-state index contributed by atoms with van der Waals surface area (Å²) in [5.41, 5.74) is 1.23. The van der Waals surface area contributed by atoms with E-state index in [0.29, 0.717) is 0 Å². The summed E-state index contributed by atoms with van der Waals surface area (Å²) in [6.07, 6.45) is 5.35. The Morgan fingerprint density at radius 3 is 2.89 bits per heavy atom. The highest BCUT2D eigenvalue weighted by atomic mass is 32.1. The normalized spacial score (nSPS) is 23.9. The predicted octanol–water partition coefficient (Wildman–Crippen LogP) is 2.94. The van der Waals surface area contributed by atoms with Gasteiger partial charge in [0, 0.05) is 30.6 Å². The summed E-state index contributed by atoms with van der Waals surface area (Å²) in [4.78, 5) is 8.67. The van der Waals surface area contributed by atoms with Crippen molar-refractivity contribution in [2.45, 2.75) is 52.1 Å². The zero-order valence-electron chi connectivity index (χ0n) is 11.4. The molecule has 3 nitrogen and oxygen atoms in total. The van der Waals surface area contributed by atoms with Gasteiger partial charge >= 0.3 is 0 Å². The lowest BCUT2D eigenvalue weighted by molar-refractivity contribution is 0.569. The van der Waals surface area contributed by atoms with Crippen molar-refractivity contribution in [3.05, 3.63) is 10.6 Å². The van der Waals surface area contributed by atoms with Crippen molar-refractivity contribution in [3.63, 3.8) is 0 Å². The molecule has 3 rings (SSSR count). The first-order valence-electron chi connectivity index (χ1n) is 7.21. The van der Waals surface area contributed by atoms with Crippen LogP contribution in [0.1, 0.15) is 43.2 Å². The Kier molecular flexibility index (Phi) is 3.57.